The molecule has 0 aromatic rings. The van der Waals surface area contributed by atoms with E-state index in [2.05, 4.69) is 25.3 Å². The second-order valence-electron chi connectivity index (χ2n) is 2.80. The predicted octanol–water partition coefficient (Wildman–Crippen LogP) is 1.86. The van der Waals surface area contributed by atoms with E-state index in [0.29, 0.717) is 6.42 Å². The molecule has 0 radical (unpaired) electrons. The van der Waals surface area contributed by atoms with Crippen LogP contribution in [0.25, 0.3) is 0 Å². The summed E-state index contributed by atoms with van der Waals surface area (Å²) < 4.78 is 0. The lowest BCUT2D eigenvalue weighted by atomic mass is 10.2. The molecule has 0 atom stereocenters. The van der Waals surface area contributed by atoms with Crippen molar-refractivity contribution in [2.75, 3.05) is 19.6 Å². The van der Waals surface area contributed by atoms with Crippen LogP contribution in [0.4, 0.5) is 0 Å². The van der Waals surface area contributed by atoms with E-state index in [0.717, 1.165) is 26.1 Å². The third-order valence-corrected chi connectivity index (χ3v) is 2.02. The smallest absolute Gasteiger partial charge is 0.155 e. The molecule has 0 aromatic carbocycles. The number of allylic oxidation sites excluding steroid dienone is 1. The van der Waals surface area contributed by atoms with Crippen molar-refractivity contribution in [3.05, 3.63) is 12.7 Å². The van der Waals surface area contributed by atoms with Crippen molar-refractivity contribution in [2.45, 2.75) is 26.7 Å². The van der Waals surface area contributed by atoms with Crippen LogP contribution in [0, 0.1) is 0 Å². The molecular formula is C10H19NO. The number of carbonyl (C=O) groups is 1. The molecule has 0 unspecified atom stereocenters. The highest BCUT2D eigenvalue weighted by Crippen LogP contribution is 1.96. The van der Waals surface area contributed by atoms with Crippen molar-refractivity contribution in [3.63, 3.8) is 0 Å². The first-order chi connectivity index (χ1) is 5.74. The van der Waals surface area contributed by atoms with Gasteiger partial charge in [0.1, 0.15) is 0 Å². The number of hydrogen-bond donors (Lipinski definition) is 0. The van der Waals surface area contributed by atoms with Crippen LogP contribution in [0.3, 0.4) is 0 Å². The van der Waals surface area contributed by atoms with Gasteiger partial charge in [-0.25, -0.2) is 0 Å². The van der Waals surface area contributed by atoms with Crippen molar-refractivity contribution in [2.24, 2.45) is 0 Å². The Kier molecular flexibility index (Phi) is 6.67. The average Bonchev–Trinajstić information content (AvgIpc) is 2.12. The van der Waals surface area contributed by atoms with Crippen molar-refractivity contribution < 1.29 is 4.79 Å². The van der Waals surface area contributed by atoms with Crippen LogP contribution in [0.2, 0.25) is 0 Å². The maximum atomic E-state index is 10.8. The van der Waals surface area contributed by atoms with Gasteiger partial charge in [0.25, 0.3) is 0 Å². The molecule has 0 aliphatic heterocycles. The maximum Gasteiger partial charge on any atom is 0.155 e. The monoisotopic (exact) mass is 169 g/mol. The van der Waals surface area contributed by atoms with E-state index in [4.69, 9.17) is 0 Å². The highest BCUT2D eigenvalue weighted by molar-refractivity contribution is 5.88. The molecule has 2 nitrogen and oxygen atoms in total. The average molecular weight is 169 g/mol. The first kappa shape index (κ1) is 11.4. The van der Waals surface area contributed by atoms with Crippen LogP contribution in [0.1, 0.15) is 26.7 Å². The Bertz CT molecular complexity index is 139. The summed E-state index contributed by atoms with van der Waals surface area (Å²) in [6.45, 7) is 10.9. The van der Waals surface area contributed by atoms with E-state index in [1.54, 1.807) is 0 Å². The van der Waals surface area contributed by atoms with Gasteiger partial charge in [-0.2, -0.15) is 0 Å². The molecule has 0 fully saturated rings. The minimum atomic E-state index is 0.155. The van der Waals surface area contributed by atoms with E-state index in [9.17, 15) is 4.79 Å². The Morgan fingerprint density at radius 1 is 1.42 bits per heavy atom. The molecule has 0 spiro atoms. The van der Waals surface area contributed by atoms with Gasteiger partial charge < -0.3 is 4.90 Å². The fourth-order valence-corrected chi connectivity index (χ4v) is 1.12. The quantitative estimate of drug-likeness (QED) is 0.542. The minimum absolute atomic E-state index is 0.155. The van der Waals surface area contributed by atoms with Crippen LogP contribution in [0.15, 0.2) is 12.7 Å². The van der Waals surface area contributed by atoms with Gasteiger partial charge in [0.2, 0.25) is 0 Å². The highest BCUT2D eigenvalue weighted by atomic mass is 16.1. The summed E-state index contributed by atoms with van der Waals surface area (Å²) in [6.07, 6.45) is 2.99. The molecular weight excluding hydrogens is 150 g/mol. The van der Waals surface area contributed by atoms with Crippen LogP contribution >= 0.6 is 0 Å². The summed E-state index contributed by atoms with van der Waals surface area (Å²) >= 11 is 0. The Labute approximate surface area is 75.3 Å². The van der Waals surface area contributed by atoms with Gasteiger partial charge in [-0.05, 0) is 32.1 Å². The standard InChI is InChI=1S/C10H19NO/c1-4-10(12)8-7-9-11(5-2)6-3/h4H,1,5-9H2,2-3H3. The number of hydrogen-bond acceptors (Lipinski definition) is 2. The largest absolute Gasteiger partial charge is 0.304 e. The third-order valence-electron chi connectivity index (χ3n) is 2.02. The SMILES string of the molecule is C=CC(=O)CCCN(CC)CC. The van der Waals surface area contributed by atoms with Crippen molar-refractivity contribution in [3.8, 4) is 0 Å². The lowest BCUT2D eigenvalue weighted by molar-refractivity contribution is -0.114. The Morgan fingerprint density at radius 3 is 2.42 bits per heavy atom. The van der Waals surface area contributed by atoms with Crippen LogP contribution in [-0.4, -0.2) is 30.3 Å². The van der Waals surface area contributed by atoms with Gasteiger partial charge >= 0.3 is 0 Å². The zero-order valence-electron chi connectivity index (χ0n) is 8.18. The van der Waals surface area contributed by atoms with Crippen molar-refractivity contribution >= 4 is 5.78 Å². The van der Waals surface area contributed by atoms with Gasteiger partial charge in [0.05, 0.1) is 0 Å². The van der Waals surface area contributed by atoms with Gasteiger partial charge in [0, 0.05) is 6.42 Å². The molecule has 2 heteroatoms. The number of ketones is 1. The molecule has 0 aliphatic carbocycles. The van der Waals surface area contributed by atoms with Crippen LogP contribution < -0.4 is 0 Å². The normalized spacial score (nSPS) is 10.2. The highest BCUT2D eigenvalue weighted by Gasteiger charge is 2.00. The molecule has 0 heterocycles. The van der Waals surface area contributed by atoms with Crippen LogP contribution in [-0.2, 0) is 4.79 Å². The summed E-state index contributed by atoms with van der Waals surface area (Å²) in [5.74, 6) is 0.155. The first-order valence-electron chi connectivity index (χ1n) is 4.62. The molecule has 12 heavy (non-hydrogen) atoms. The fraction of sp³-hybridized carbons (Fsp3) is 0.700. The lowest BCUT2D eigenvalue weighted by Crippen LogP contribution is -2.24. The molecule has 0 aromatic heterocycles. The van der Waals surface area contributed by atoms with E-state index in [1.807, 2.05) is 0 Å². The van der Waals surface area contributed by atoms with E-state index < -0.39 is 0 Å². The summed E-state index contributed by atoms with van der Waals surface area (Å²) in [6, 6.07) is 0. The number of rotatable bonds is 7. The summed E-state index contributed by atoms with van der Waals surface area (Å²) in [7, 11) is 0. The number of nitrogens with zero attached hydrogens (tertiary/aromatic N) is 1. The topological polar surface area (TPSA) is 20.3 Å². The molecule has 0 aliphatic rings. The zero-order valence-corrected chi connectivity index (χ0v) is 8.18. The number of carbonyl (C=O) groups excluding carboxylic acids is 1. The second-order valence-corrected chi connectivity index (χ2v) is 2.80. The van der Waals surface area contributed by atoms with Crippen molar-refractivity contribution in [1.29, 1.82) is 0 Å². The fourth-order valence-electron chi connectivity index (χ4n) is 1.12. The molecule has 0 bridgehead atoms. The molecule has 0 N–H and O–H groups in total. The Hall–Kier alpha value is -0.630. The van der Waals surface area contributed by atoms with Gasteiger partial charge in [-0.3, -0.25) is 4.79 Å². The first-order valence-corrected chi connectivity index (χ1v) is 4.62. The second kappa shape index (κ2) is 7.04. The van der Waals surface area contributed by atoms with Gasteiger partial charge in [-0.1, -0.05) is 20.4 Å². The van der Waals surface area contributed by atoms with E-state index >= 15 is 0 Å². The molecule has 0 saturated heterocycles. The molecule has 70 valence electrons. The van der Waals surface area contributed by atoms with Gasteiger partial charge in [-0.15, -0.1) is 0 Å². The summed E-state index contributed by atoms with van der Waals surface area (Å²) in [5.41, 5.74) is 0. The van der Waals surface area contributed by atoms with Gasteiger partial charge in [0.15, 0.2) is 5.78 Å². The molecule has 0 saturated carbocycles. The lowest BCUT2D eigenvalue weighted by Gasteiger charge is -2.16. The zero-order chi connectivity index (χ0) is 9.40. The van der Waals surface area contributed by atoms with E-state index in [-0.39, 0.29) is 5.78 Å². The van der Waals surface area contributed by atoms with E-state index in [1.165, 1.54) is 6.08 Å². The maximum absolute atomic E-state index is 10.8. The third kappa shape index (κ3) is 5.08. The molecule has 0 amide bonds. The summed E-state index contributed by atoms with van der Waals surface area (Å²) in [5, 5.41) is 0. The predicted molar refractivity (Wildman–Crippen MR) is 52.2 cm³/mol. The van der Waals surface area contributed by atoms with Crippen molar-refractivity contribution in [1.82, 2.24) is 4.90 Å². The Morgan fingerprint density at radius 2 is 2.00 bits per heavy atom. The minimum Gasteiger partial charge on any atom is -0.304 e. The molecule has 0 rings (SSSR count). The Balaban J connectivity index is 3.40. The van der Waals surface area contributed by atoms with Crippen LogP contribution in [0.5, 0.6) is 0 Å². The summed E-state index contributed by atoms with van der Waals surface area (Å²) in [4.78, 5) is 13.1.